The highest BCUT2D eigenvalue weighted by Crippen LogP contribution is 2.51. The summed E-state index contributed by atoms with van der Waals surface area (Å²) in [5.41, 5.74) is 2.19. The van der Waals surface area contributed by atoms with Gasteiger partial charge in [-0.2, -0.15) is 0 Å². The predicted octanol–water partition coefficient (Wildman–Crippen LogP) is 2.16. The molecule has 0 amide bonds. The Labute approximate surface area is 132 Å². The summed E-state index contributed by atoms with van der Waals surface area (Å²) in [5.74, 6) is 1.89. The second-order valence-corrected chi connectivity index (χ2v) is 6.72. The van der Waals surface area contributed by atoms with Gasteiger partial charge in [-0.3, -0.25) is 0 Å². The zero-order valence-corrected chi connectivity index (χ0v) is 14.1. The molecule has 3 rings (SSSR count). The van der Waals surface area contributed by atoms with Crippen LogP contribution in [0, 0.1) is 26.2 Å². The number of nitrogens with zero attached hydrogens (tertiary/aromatic N) is 3. The zero-order chi connectivity index (χ0) is 15.9. The molecule has 1 spiro atoms. The first-order valence-electron chi connectivity index (χ1n) is 8.34. The molecule has 0 aromatic carbocycles. The molecule has 22 heavy (non-hydrogen) atoms. The maximum absolute atomic E-state index is 10.3. The minimum absolute atomic E-state index is 0.0302. The standard InChI is InChI=1S/C17H27N3O2/c1-5-22-15-10-14(21)17(15)6-8-20(9-7-17)16-11(2)12(3)18-13(4)19-16/h14-15,21H,5-10H2,1-4H3. The monoisotopic (exact) mass is 305 g/mol. The summed E-state index contributed by atoms with van der Waals surface area (Å²) in [4.78, 5) is 11.4. The lowest BCUT2D eigenvalue weighted by Gasteiger charge is -2.56. The van der Waals surface area contributed by atoms with Crippen molar-refractivity contribution in [3.8, 4) is 0 Å². The molecule has 2 unspecified atom stereocenters. The molecule has 2 fully saturated rings. The highest BCUT2D eigenvalue weighted by molar-refractivity contribution is 5.48. The van der Waals surface area contributed by atoms with E-state index in [0.29, 0.717) is 0 Å². The smallest absolute Gasteiger partial charge is 0.135 e. The third-order valence-corrected chi connectivity index (χ3v) is 5.58. The quantitative estimate of drug-likeness (QED) is 0.927. The van der Waals surface area contributed by atoms with Crippen molar-refractivity contribution in [2.75, 3.05) is 24.6 Å². The number of anilines is 1. The summed E-state index contributed by atoms with van der Waals surface area (Å²) < 4.78 is 5.84. The molecule has 0 radical (unpaired) electrons. The molecule has 1 aliphatic heterocycles. The Morgan fingerprint density at radius 1 is 1.23 bits per heavy atom. The molecule has 1 saturated carbocycles. The zero-order valence-electron chi connectivity index (χ0n) is 14.1. The molecule has 122 valence electrons. The Hall–Kier alpha value is -1.20. The van der Waals surface area contributed by atoms with E-state index in [9.17, 15) is 5.11 Å². The Kier molecular flexibility index (Phi) is 4.12. The second kappa shape index (κ2) is 5.78. The SMILES string of the molecule is CCOC1CC(O)C12CCN(c1nc(C)nc(C)c1C)CC2. The fraction of sp³-hybridized carbons (Fsp3) is 0.765. The van der Waals surface area contributed by atoms with Gasteiger partial charge in [0.05, 0.1) is 12.2 Å². The summed E-state index contributed by atoms with van der Waals surface area (Å²) in [6, 6.07) is 0. The molecule has 1 aromatic rings. The van der Waals surface area contributed by atoms with E-state index in [4.69, 9.17) is 4.74 Å². The summed E-state index contributed by atoms with van der Waals surface area (Å²) >= 11 is 0. The highest BCUT2D eigenvalue weighted by atomic mass is 16.5. The summed E-state index contributed by atoms with van der Waals surface area (Å²) in [6.07, 6.45) is 2.75. The fourth-order valence-corrected chi connectivity index (χ4v) is 4.01. The van der Waals surface area contributed by atoms with E-state index in [1.165, 1.54) is 0 Å². The number of aliphatic hydroxyl groups excluding tert-OH is 1. The molecule has 1 N–H and O–H groups in total. The molecule has 1 aromatic heterocycles. The lowest BCUT2D eigenvalue weighted by Crippen LogP contribution is -2.62. The minimum Gasteiger partial charge on any atom is -0.392 e. The number of hydrogen-bond acceptors (Lipinski definition) is 5. The Morgan fingerprint density at radius 2 is 1.91 bits per heavy atom. The highest BCUT2D eigenvalue weighted by Gasteiger charge is 2.56. The van der Waals surface area contributed by atoms with Crippen LogP contribution in [0.2, 0.25) is 0 Å². The average Bonchev–Trinajstić information content (AvgIpc) is 2.51. The minimum atomic E-state index is -0.207. The van der Waals surface area contributed by atoms with E-state index >= 15 is 0 Å². The van der Waals surface area contributed by atoms with Crippen molar-refractivity contribution in [1.29, 1.82) is 0 Å². The van der Waals surface area contributed by atoms with Gasteiger partial charge in [0, 0.05) is 42.8 Å². The topological polar surface area (TPSA) is 58.5 Å². The normalized spacial score (nSPS) is 27.0. The second-order valence-electron chi connectivity index (χ2n) is 6.72. The summed E-state index contributed by atoms with van der Waals surface area (Å²) in [5, 5.41) is 10.3. The van der Waals surface area contributed by atoms with Crippen LogP contribution < -0.4 is 4.90 Å². The predicted molar refractivity (Wildman–Crippen MR) is 86.2 cm³/mol. The first-order chi connectivity index (χ1) is 10.5. The van der Waals surface area contributed by atoms with Crippen molar-refractivity contribution >= 4 is 5.82 Å². The van der Waals surface area contributed by atoms with Crippen LogP contribution in [0.25, 0.3) is 0 Å². The lowest BCUT2D eigenvalue weighted by atomic mass is 9.58. The van der Waals surface area contributed by atoms with Crippen molar-refractivity contribution in [2.24, 2.45) is 5.41 Å². The van der Waals surface area contributed by atoms with Gasteiger partial charge in [-0.15, -0.1) is 0 Å². The number of hydrogen-bond donors (Lipinski definition) is 1. The van der Waals surface area contributed by atoms with E-state index < -0.39 is 0 Å². The summed E-state index contributed by atoms with van der Waals surface area (Å²) in [7, 11) is 0. The maximum Gasteiger partial charge on any atom is 0.135 e. The van der Waals surface area contributed by atoms with Crippen molar-refractivity contribution in [3.63, 3.8) is 0 Å². The number of aromatic nitrogens is 2. The third kappa shape index (κ3) is 2.40. The molecular weight excluding hydrogens is 278 g/mol. The number of ether oxygens (including phenoxy) is 1. The van der Waals surface area contributed by atoms with Gasteiger partial charge in [-0.1, -0.05) is 0 Å². The molecule has 0 bridgehead atoms. The largest absolute Gasteiger partial charge is 0.392 e. The first kappa shape index (κ1) is 15.7. The van der Waals surface area contributed by atoms with E-state index in [1.54, 1.807) is 0 Å². The first-order valence-corrected chi connectivity index (χ1v) is 8.34. The average molecular weight is 305 g/mol. The van der Waals surface area contributed by atoms with E-state index in [1.807, 2.05) is 20.8 Å². The van der Waals surface area contributed by atoms with Gasteiger partial charge in [0.15, 0.2) is 0 Å². The van der Waals surface area contributed by atoms with Crippen LogP contribution in [0.4, 0.5) is 5.82 Å². The Morgan fingerprint density at radius 3 is 2.50 bits per heavy atom. The van der Waals surface area contributed by atoms with Crippen LogP contribution in [0.1, 0.15) is 43.3 Å². The van der Waals surface area contributed by atoms with Gasteiger partial charge >= 0.3 is 0 Å². The van der Waals surface area contributed by atoms with Gasteiger partial charge in [0.2, 0.25) is 0 Å². The van der Waals surface area contributed by atoms with Crippen LogP contribution in [0.15, 0.2) is 0 Å². The fourth-order valence-electron chi connectivity index (χ4n) is 4.01. The van der Waals surface area contributed by atoms with E-state index in [-0.39, 0.29) is 17.6 Å². The molecule has 1 aliphatic carbocycles. The van der Waals surface area contributed by atoms with E-state index in [0.717, 1.165) is 61.9 Å². The number of aliphatic hydroxyl groups is 1. The number of rotatable bonds is 3. The molecule has 2 heterocycles. The molecule has 1 saturated heterocycles. The van der Waals surface area contributed by atoms with Crippen molar-refractivity contribution in [3.05, 3.63) is 17.1 Å². The van der Waals surface area contributed by atoms with Gasteiger partial charge in [-0.25, -0.2) is 9.97 Å². The lowest BCUT2D eigenvalue weighted by molar-refractivity contribution is -0.199. The van der Waals surface area contributed by atoms with Crippen molar-refractivity contribution in [1.82, 2.24) is 9.97 Å². The maximum atomic E-state index is 10.3. The number of aryl methyl sites for hydroxylation is 2. The van der Waals surface area contributed by atoms with Crippen LogP contribution in [0.3, 0.4) is 0 Å². The van der Waals surface area contributed by atoms with Gasteiger partial charge in [-0.05, 0) is 40.5 Å². The number of piperidine rings is 1. The Balaban J connectivity index is 1.75. The molecule has 2 aliphatic rings. The van der Waals surface area contributed by atoms with Crippen molar-refractivity contribution in [2.45, 2.75) is 59.2 Å². The third-order valence-electron chi connectivity index (χ3n) is 5.58. The van der Waals surface area contributed by atoms with Crippen LogP contribution in [-0.2, 0) is 4.74 Å². The van der Waals surface area contributed by atoms with Gasteiger partial charge in [0.1, 0.15) is 11.6 Å². The van der Waals surface area contributed by atoms with Crippen LogP contribution in [0.5, 0.6) is 0 Å². The van der Waals surface area contributed by atoms with Gasteiger partial charge < -0.3 is 14.7 Å². The van der Waals surface area contributed by atoms with Crippen LogP contribution in [-0.4, -0.2) is 47.0 Å². The Bertz CT molecular complexity index is 551. The van der Waals surface area contributed by atoms with Crippen LogP contribution >= 0.6 is 0 Å². The molecule has 5 nitrogen and oxygen atoms in total. The molecule has 2 atom stereocenters. The molecule has 5 heteroatoms. The van der Waals surface area contributed by atoms with E-state index in [2.05, 4.69) is 21.8 Å². The summed E-state index contributed by atoms with van der Waals surface area (Å²) in [6.45, 7) is 10.7. The molecular formula is C17H27N3O2. The van der Waals surface area contributed by atoms with Crippen molar-refractivity contribution < 1.29 is 9.84 Å². The van der Waals surface area contributed by atoms with Gasteiger partial charge in [0.25, 0.3) is 0 Å².